The number of hydrogen-bond acceptors (Lipinski definition) is 5. The van der Waals surface area contributed by atoms with Gasteiger partial charge in [0.15, 0.2) is 6.61 Å². The zero-order valence-corrected chi connectivity index (χ0v) is 14.7. The Morgan fingerprint density at radius 2 is 2.30 bits per heavy atom. The van der Waals surface area contributed by atoms with Crippen LogP contribution in [0.4, 0.5) is 0 Å². The van der Waals surface area contributed by atoms with Crippen LogP contribution in [0, 0.1) is 0 Å². The lowest BCUT2D eigenvalue weighted by molar-refractivity contribution is -0.135. The molecule has 1 aliphatic heterocycles. The van der Waals surface area contributed by atoms with Crippen molar-refractivity contribution in [1.82, 2.24) is 9.88 Å². The molecule has 0 saturated carbocycles. The van der Waals surface area contributed by atoms with Gasteiger partial charge in [-0.05, 0) is 46.3 Å². The monoisotopic (exact) mass is 394 g/mol. The first kappa shape index (κ1) is 16.1. The van der Waals surface area contributed by atoms with Crippen LogP contribution in [0.5, 0.6) is 0 Å². The van der Waals surface area contributed by atoms with Gasteiger partial charge in [-0.2, -0.15) is 0 Å². The first-order valence-electron chi connectivity index (χ1n) is 7.25. The summed E-state index contributed by atoms with van der Waals surface area (Å²) < 4.78 is 5.83. The van der Waals surface area contributed by atoms with Gasteiger partial charge >= 0.3 is 5.97 Å². The number of hydrogen-bond donors (Lipinski definition) is 0. The Bertz CT molecular complexity index is 705. The number of likely N-dealkylation sites (tertiary alicyclic amines) is 1. The molecule has 1 atom stereocenters. The van der Waals surface area contributed by atoms with Crippen LogP contribution in [0.3, 0.4) is 0 Å². The van der Waals surface area contributed by atoms with Crippen molar-refractivity contribution in [3.63, 3.8) is 0 Å². The summed E-state index contributed by atoms with van der Waals surface area (Å²) >= 11 is 4.90. The fourth-order valence-corrected chi connectivity index (χ4v) is 3.90. The Kier molecular flexibility index (Phi) is 5.07. The Hall–Kier alpha value is -1.73. The SMILES string of the molecule is O=C(OCC(=O)N1CCC[C@@H]1c1cccs1)c1cncc(Br)c1. The van der Waals surface area contributed by atoms with Crippen molar-refractivity contribution in [3.8, 4) is 0 Å². The number of nitrogens with zero attached hydrogens (tertiary/aromatic N) is 2. The number of amides is 1. The molecular weight excluding hydrogens is 380 g/mol. The molecule has 3 heterocycles. The van der Waals surface area contributed by atoms with Gasteiger partial charge in [0.1, 0.15) is 0 Å². The third kappa shape index (κ3) is 3.79. The van der Waals surface area contributed by atoms with Crippen LogP contribution in [0.15, 0.2) is 40.4 Å². The van der Waals surface area contributed by atoms with Crippen LogP contribution in [0.25, 0.3) is 0 Å². The van der Waals surface area contributed by atoms with E-state index in [0.717, 1.165) is 12.8 Å². The Morgan fingerprint density at radius 3 is 3.04 bits per heavy atom. The third-order valence-electron chi connectivity index (χ3n) is 3.71. The zero-order valence-electron chi connectivity index (χ0n) is 12.3. The largest absolute Gasteiger partial charge is 0.452 e. The molecule has 1 fully saturated rings. The van der Waals surface area contributed by atoms with Crippen molar-refractivity contribution in [3.05, 3.63) is 50.9 Å². The van der Waals surface area contributed by atoms with Crippen LogP contribution in [0.1, 0.15) is 34.1 Å². The number of rotatable bonds is 4. The fourth-order valence-electron chi connectivity index (χ4n) is 2.66. The van der Waals surface area contributed by atoms with E-state index in [2.05, 4.69) is 20.9 Å². The number of thiophene rings is 1. The molecule has 23 heavy (non-hydrogen) atoms. The van der Waals surface area contributed by atoms with Crippen LogP contribution >= 0.6 is 27.3 Å². The van der Waals surface area contributed by atoms with Gasteiger partial charge < -0.3 is 9.64 Å². The number of ether oxygens (including phenoxy) is 1. The topological polar surface area (TPSA) is 59.5 Å². The van der Waals surface area contributed by atoms with Crippen LogP contribution in [-0.2, 0) is 9.53 Å². The quantitative estimate of drug-likeness (QED) is 0.745. The zero-order chi connectivity index (χ0) is 16.2. The summed E-state index contributed by atoms with van der Waals surface area (Å²) in [7, 11) is 0. The first-order chi connectivity index (χ1) is 11.1. The van der Waals surface area contributed by atoms with Gasteiger partial charge in [-0.1, -0.05) is 6.07 Å². The highest BCUT2D eigenvalue weighted by atomic mass is 79.9. The summed E-state index contributed by atoms with van der Waals surface area (Å²) in [4.78, 5) is 31.3. The van der Waals surface area contributed by atoms with Crippen LogP contribution in [-0.4, -0.2) is 34.9 Å². The van der Waals surface area contributed by atoms with Crippen molar-refractivity contribution in [2.24, 2.45) is 0 Å². The number of carbonyl (C=O) groups is 2. The molecule has 1 saturated heterocycles. The smallest absolute Gasteiger partial charge is 0.340 e. The number of carbonyl (C=O) groups excluding carboxylic acids is 2. The predicted octanol–water partition coefficient (Wildman–Crippen LogP) is 3.43. The van der Waals surface area contributed by atoms with Gasteiger partial charge in [0.25, 0.3) is 5.91 Å². The molecule has 0 bridgehead atoms. The third-order valence-corrected chi connectivity index (χ3v) is 5.12. The van der Waals surface area contributed by atoms with Gasteiger partial charge in [0, 0.05) is 28.3 Å². The standard InChI is InChI=1S/C16H15BrN2O3S/c17-12-7-11(8-18-9-12)16(21)22-10-15(20)19-5-1-3-13(19)14-4-2-6-23-14/h2,4,6-9,13H,1,3,5,10H2/t13-/m1/s1. The van der Waals surface area contributed by atoms with Crippen molar-refractivity contribution < 1.29 is 14.3 Å². The first-order valence-corrected chi connectivity index (χ1v) is 8.93. The van der Waals surface area contributed by atoms with Crippen molar-refractivity contribution in [2.45, 2.75) is 18.9 Å². The Labute approximate surface area is 146 Å². The van der Waals surface area contributed by atoms with Gasteiger partial charge in [0.05, 0.1) is 11.6 Å². The second kappa shape index (κ2) is 7.23. The highest BCUT2D eigenvalue weighted by molar-refractivity contribution is 9.10. The normalized spacial score (nSPS) is 17.3. The van der Waals surface area contributed by atoms with Crippen molar-refractivity contribution >= 4 is 39.1 Å². The molecule has 5 nitrogen and oxygen atoms in total. The average molecular weight is 395 g/mol. The maximum atomic E-state index is 12.4. The van der Waals surface area contributed by atoms with E-state index >= 15 is 0 Å². The molecule has 1 amide bonds. The summed E-state index contributed by atoms with van der Waals surface area (Å²) in [5.41, 5.74) is 0.323. The number of pyridine rings is 1. The molecule has 1 aliphatic rings. The molecule has 7 heteroatoms. The molecular formula is C16H15BrN2O3S. The van der Waals surface area contributed by atoms with E-state index in [1.54, 1.807) is 28.5 Å². The molecule has 3 rings (SSSR count). The van der Waals surface area contributed by atoms with Crippen LogP contribution in [0.2, 0.25) is 0 Å². The number of aromatic nitrogens is 1. The Balaban J connectivity index is 1.60. The summed E-state index contributed by atoms with van der Waals surface area (Å²) in [6.45, 7) is 0.463. The number of halogens is 1. The lowest BCUT2D eigenvalue weighted by Gasteiger charge is -2.23. The van der Waals surface area contributed by atoms with E-state index in [4.69, 9.17) is 4.74 Å². The van der Waals surface area contributed by atoms with Crippen LogP contribution < -0.4 is 0 Å². The second-order valence-electron chi connectivity index (χ2n) is 5.23. The van der Waals surface area contributed by atoms with E-state index in [-0.39, 0.29) is 18.6 Å². The van der Waals surface area contributed by atoms with E-state index in [0.29, 0.717) is 16.6 Å². The molecule has 2 aromatic rings. The second-order valence-corrected chi connectivity index (χ2v) is 7.12. The average Bonchev–Trinajstić information content (AvgIpc) is 3.22. The minimum atomic E-state index is -0.543. The highest BCUT2D eigenvalue weighted by Gasteiger charge is 2.31. The summed E-state index contributed by atoms with van der Waals surface area (Å²) in [5.74, 6) is -0.698. The highest BCUT2D eigenvalue weighted by Crippen LogP contribution is 2.34. The van der Waals surface area contributed by atoms with Gasteiger partial charge in [-0.25, -0.2) is 4.79 Å². The maximum Gasteiger partial charge on any atom is 0.340 e. The summed E-state index contributed by atoms with van der Waals surface area (Å²) in [6, 6.07) is 5.75. The molecule has 0 aromatic carbocycles. The lowest BCUT2D eigenvalue weighted by atomic mass is 10.2. The molecule has 2 aromatic heterocycles. The maximum absolute atomic E-state index is 12.4. The van der Waals surface area contributed by atoms with Gasteiger partial charge in [-0.15, -0.1) is 11.3 Å². The molecule has 0 unspecified atom stereocenters. The molecule has 0 radical (unpaired) electrons. The molecule has 120 valence electrons. The Morgan fingerprint density at radius 1 is 1.43 bits per heavy atom. The van der Waals surface area contributed by atoms with E-state index in [9.17, 15) is 9.59 Å². The van der Waals surface area contributed by atoms with Crippen molar-refractivity contribution in [2.75, 3.05) is 13.2 Å². The molecule has 0 spiro atoms. The van der Waals surface area contributed by atoms with Crippen molar-refractivity contribution in [1.29, 1.82) is 0 Å². The number of esters is 1. The minimum absolute atomic E-state index is 0.105. The molecule has 0 aliphatic carbocycles. The van der Waals surface area contributed by atoms with E-state index in [1.165, 1.54) is 11.1 Å². The fraction of sp³-hybridized carbons (Fsp3) is 0.312. The van der Waals surface area contributed by atoms with Gasteiger partial charge in [0.2, 0.25) is 0 Å². The van der Waals surface area contributed by atoms with E-state index < -0.39 is 5.97 Å². The summed E-state index contributed by atoms with van der Waals surface area (Å²) in [6.07, 6.45) is 4.92. The van der Waals surface area contributed by atoms with E-state index in [1.807, 2.05) is 17.5 Å². The molecule has 0 N–H and O–H groups in total. The predicted molar refractivity (Wildman–Crippen MR) is 90.2 cm³/mol. The minimum Gasteiger partial charge on any atom is -0.452 e. The summed E-state index contributed by atoms with van der Waals surface area (Å²) in [5, 5.41) is 2.01. The lowest BCUT2D eigenvalue weighted by Crippen LogP contribution is -2.34. The van der Waals surface area contributed by atoms with Gasteiger partial charge in [-0.3, -0.25) is 9.78 Å².